The van der Waals surface area contributed by atoms with Gasteiger partial charge in [-0.25, -0.2) is 4.39 Å². The van der Waals surface area contributed by atoms with E-state index >= 15 is 0 Å². The molecule has 0 radical (unpaired) electrons. The van der Waals surface area contributed by atoms with Crippen LogP contribution in [0.3, 0.4) is 0 Å². The van der Waals surface area contributed by atoms with Gasteiger partial charge >= 0.3 is 0 Å². The lowest BCUT2D eigenvalue weighted by Crippen LogP contribution is -2.29. The van der Waals surface area contributed by atoms with Crippen LogP contribution in [0.4, 0.5) is 10.1 Å². The van der Waals surface area contributed by atoms with E-state index in [1.165, 1.54) is 6.07 Å². The second-order valence-electron chi connectivity index (χ2n) is 3.25. The quantitative estimate of drug-likeness (QED) is 0.750. The van der Waals surface area contributed by atoms with Crippen LogP contribution in [-0.4, -0.2) is 19.0 Å². The average molecular weight is 221 g/mol. The Kier molecular flexibility index (Phi) is 4.28. The summed E-state index contributed by atoms with van der Waals surface area (Å²) in [5, 5.41) is 13.5. The van der Waals surface area contributed by atoms with Gasteiger partial charge in [-0.3, -0.25) is 4.79 Å². The second kappa shape index (κ2) is 5.71. The van der Waals surface area contributed by atoms with Gasteiger partial charge in [0, 0.05) is 5.69 Å². The van der Waals surface area contributed by atoms with Gasteiger partial charge in [0.1, 0.15) is 12.4 Å². The molecule has 0 aliphatic rings. The van der Waals surface area contributed by atoms with Gasteiger partial charge < -0.3 is 10.6 Å². The van der Waals surface area contributed by atoms with E-state index in [2.05, 4.69) is 10.6 Å². The second-order valence-corrected chi connectivity index (χ2v) is 3.25. The lowest BCUT2D eigenvalue weighted by Gasteiger charge is -2.06. The number of amides is 1. The number of hydrogen-bond acceptors (Lipinski definition) is 3. The van der Waals surface area contributed by atoms with Crippen molar-refractivity contribution in [1.82, 2.24) is 5.32 Å². The van der Waals surface area contributed by atoms with Crippen LogP contribution in [0.5, 0.6) is 0 Å². The molecule has 1 amide bonds. The Morgan fingerprint density at radius 3 is 2.94 bits per heavy atom. The summed E-state index contributed by atoms with van der Waals surface area (Å²) < 4.78 is 12.9. The molecule has 0 saturated heterocycles. The van der Waals surface area contributed by atoms with E-state index in [1.807, 2.05) is 0 Å². The van der Waals surface area contributed by atoms with Crippen molar-refractivity contribution in [2.75, 3.05) is 18.4 Å². The van der Waals surface area contributed by atoms with Crippen LogP contribution in [0.1, 0.15) is 5.56 Å². The maximum absolute atomic E-state index is 12.9. The molecule has 2 N–H and O–H groups in total. The zero-order chi connectivity index (χ0) is 12.0. The molecule has 1 aromatic rings. The van der Waals surface area contributed by atoms with Gasteiger partial charge in [-0.15, -0.1) is 0 Å². The maximum atomic E-state index is 12.9. The van der Waals surface area contributed by atoms with Crippen LogP contribution in [0.2, 0.25) is 0 Å². The first-order valence-corrected chi connectivity index (χ1v) is 4.77. The molecule has 1 rings (SSSR count). The third-order valence-electron chi connectivity index (χ3n) is 1.98. The smallest absolute Gasteiger partial charge is 0.240 e. The molecule has 0 unspecified atom stereocenters. The molecule has 16 heavy (non-hydrogen) atoms. The monoisotopic (exact) mass is 221 g/mol. The number of anilines is 1. The number of carbonyl (C=O) groups excluding carboxylic acids is 1. The lowest BCUT2D eigenvalue weighted by molar-refractivity contribution is -0.119. The Morgan fingerprint density at radius 2 is 2.31 bits per heavy atom. The van der Waals surface area contributed by atoms with Crippen molar-refractivity contribution in [1.29, 1.82) is 5.26 Å². The van der Waals surface area contributed by atoms with Crippen LogP contribution < -0.4 is 10.6 Å². The first-order valence-electron chi connectivity index (χ1n) is 4.77. The van der Waals surface area contributed by atoms with E-state index in [1.54, 1.807) is 25.1 Å². The number of nitrogens with one attached hydrogen (secondary N) is 2. The fourth-order valence-corrected chi connectivity index (χ4v) is 1.14. The molecular formula is C11H12FN3O. The van der Waals surface area contributed by atoms with E-state index in [0.717, 1.165) is 0 Å². The summed E-state index contributed by atoms with van der Waals surface area (Å²) in [6.45, 7) is 1.70. The minimum Gasteiger partial charge on any atom is -0.376 e. The highest BCUT2D eigenvalue weighted by Gasteiger charge is 2.01. The largest absolute Gasteiger partial charge is 0.376 e. The molecule has 84 valence electrons. The number of carbonyl (C=O) groups is 1. The third-order valence-corrected chi connectivity index (χ3v) is 1.98. The van der Waals surface area contributed by atoms with Crippen LogP contribution in [-0.2, 0) is 4.79 Å². The molecule has 0 saturated carbocycles. The first kappa shape index (κ1) is 12.0. The Balaban J connectivity index is 2.46. The highest BCUT2D eigenvalue weighted by molar-refractivity contribution is 5.80. The fourth-order valence-electron chi connectivity index (χ4n) is 1.14. The number of nitrogens with zero attached hydrogens (tertiary/aromatic N) is 1. The van der Waals surface area contributed by atoms with Crippen molar-refractivity contribution in [3.05, 3.63) is 29.6 Å². The summed E-state index contributed by atoms with van der Waals surface area (Å²) >= 11 is 0. The summed E-state index contributed by atoms with van der Waals surface area (Å²) in [5.41, 5.74) is 1.19. The molecule has 4 nitrogen and oxygen atoms in total. The minimum absolute atomic E-state index is 0.0110. The predicted octanol–water partition coefficient (Wildman–Crippen LogP) is 1.19. The summed E-state index contributed by atoms with van der Waals surface area (Å²) in [4.78, 5) is 11.1. The lowest BCUT2D eigenvalue weighted by atomic mass is 10.2. The molecule has 0 atom stereocenters. The van der Waals surface area contributed by atoms with Gasteiger partial charge in [-0.2, -0.15) is 5.26 Å². The van der Waals surface area contributed by atoms with Gasteiger partial charge in [-0.1, -0.05) is 0 Å². The van der Waals surface area contributed by atoms with Gasteiger partial charge in [-0.05, 0) is 30.7 Å². The van der Waals surface area contributed by atoms with Crippen molar-refractivity contribution < 1.29 is 9.18 Å². The summed E-state index contributed by atoms with van der Waals surface area (Å²) in [5.74, 6) is -0.553. The van der Waals surface area contributed by atoms with Crippen molar-refractivity contribution >= 4 is 11.6 Å². The zero-order valence-corrected chi connectivity index (χ0v) is 8.88. The summed E-state index contributed by atoms with van der Waals surface area (Å²) in [6, 6.07) is 6.32. The third kappa shape index (κ3) is 3.58. The molecule has 0 aliphatic carbocycles. The number of aryl methyl sites for hydroxylation is 1. The molecule has 0 aliphatic heterocycles. The fraction of sp³-hybridized carbons (Fsp3) is 0.273. The number of rotatable bonds is 4. The molecule has 0 fully saturated rings. The highest BCUT2D eigenvalue weighted by atomic mass is 19.1. The summed E-state index contributed by atoms with van der Waals surface area (Å²) in [6.07, 6.45) is 0. The van der Waals surface area contributed by atoms with Crippen LogP contribution in [0.15, 0.2) is 18.2 Å². The van der Waals surface area contributed by atoms with E-state index in [9.17, 15) is 9.18 Å². The summed E-state index contributed by atoms with van der Waals surface area (Å²) in [7, 11) is 0. The van der Waals surface area contributed by atoms with Crippen molar-refractivity contribution in [3.8, 4) is 6.07 Å². The van der Waals surface area contributed by atoms with E-state index in [0.29, 0.717) is 11.3 Å². The molecule has 0 bridgehead atoms. The first-order chi connectivity index (χ1) is 7.63. The topological polar surface area (TPSA) is 64.9 Å². The minimum atomic E-state index is -0.278. The predicted molar refractivity (Wildman–Crippen MR) is 58.2 cm³/mol. The van der Waals surface area contributed by atoms with Crippen LogP contribution >= 0.6 is 0 Å². The molecule has 1 aromatic carbocycles. The van der Waals surface area contributed by atoms with E-state index in [4.69, 9.17) is 5.26 Å². The van der Waals surface area contributed by atoms with Gasteiger partial charge in [0.05, 0.1) is 12.6 Å². The standard InChI is InChI=1S/C11H12FN3O/c1-8-6-9(2-3-10(8)12)15-7-11(16)14-5-4-13/h2-3,6,15H,5,7H2,1H3,(H,14,16). The van der Waals surface area contributed by atoms with Gasteiger partial charge in [0.15, 0.2) is 0 Å². The highest BCUT2D eigenvalue weighted by Crippen LogP contribution is 2.12. The Bertz CT molecular complexity index is 426. The Hall–Kier alpha value is -2.09. The molecule has 0 spiro atoms. The molecular weight excluding hydrogens is 209 g/mol. The van der Waals surface area contributed by atoms with Crippen molar-refractivity contribution in [2.45, 2.75) is 6.92 Å². The van der Waals surface area contributed by atoms with E-state index < -0.39 is 0 Å². The maximum Gasteiger partial charge on any atom is 0.240 e. The SMILES string of the molecule is Cc1cc(NCC(=O)NCC#N)ccc1F. The van der Waals surface area contributed by atoms with Crippen molar-refractivity contribution in [2.24, 2.45) is 0 Å². The molecule has 0 heterocycles. The normalized spacial score (nSPS) is 9.31. The number of halogens is 1. The van der Waals surface area contributed by atoms with E-state index in [-0.39, 0.29) is 24.8 Å². The zero-order valence-electron chi connectivity index (χ0n) is 8.88. The Morgan fingerprint density at radius 1 is 1.56 bits per heavy atom. The number of benzene rings is 1. The number of hydrogen-bond donors (Lipinski definition) is 2. The van der Waals surface area contributed by atoms with Gasteiger partial charge in [0.2, 0.25) is 5.91 Å². The van der Waals surface area contributed by atoms with Crippen LogP contribution in [0, 0.1) is 24.1 Å². The number of nitriles is 1. The molecule has 0 aromatic heterocycles. The Labute approximate surface area is 93.1 Å². The van der Waals surface area contributed by atoms with Crippen LogP contribution in [0.25, 0.3) is 0 Å². The molecule has 5 heteroatoms. The average Bonchev–Trinajstić information content (AvgIpc) is 2.28. The van der Waals surface area contributed by atoms with Crippen molar-refractivity contribution in [3.63, 3.8) is 0 Å². The van der Waals surface area contributed by atoms with Gasteiger partial charge in [0.25, 0.3) is 0 Å².